The predicted molar refractivity (Wildman–Crippen MR) is 91.2 cm³/mol. The maximum Gasteiger partial charge on any atom is 0.261 e. The summed E-state index contributed by atoms with van der Waals surface area (Å²) in [6.45, 7) is 3.23. The zero-order valence-corrected chi connectivity index (χ0v) is 15.1. The number of carbonyl (C=O) groups excluding carboxylic acids is 1. The Hall–Kier alpha value is -0.920. The van der Waals surface area contributed by atoms with Crippen molar-refractivity contribution in [2.24, 2.45) is 5.92 Å². The second-order valence-electron chi connectivity index (χ2n) is 6.71. The summed E-state index contributed by atoms with van der Waals surface area (Å²) in [6, 6.07) is 1.77. The van der Waals surface area contributed by atoms with Crippen molar-refractivity contribution in [2.75, 3.05) is 13.1 Å². The van der Waals surface area contributed by atoms with Crippen molar-refractivity contribution in [2.45, 2.75) is 56.4 Å². The first-order chi connectivity index (χ1) is 11.0. The molecule has 1 saturated heterocycles. The monoisotopic (exact) mass is 356 g/mol. The molecule has 128 valence electrons. The molecule has 7 heteroatoms. The summed E-state index contributed by atoms with van der Waals surface area (Å²) in [5.74, 6) is 0.248. The fourth-order valence-electron chi connectivity index (χ4n) is 3.41. The van der Waals surface area contributed by atoms with E-state index in [2.05, 4.69) is 12.2 Å². The smallest absolute Gasteiger partial charge is 0.261 e. The first-order valence-corrected chi connectivity index (χ1v) is 10.7. The molecule has 1 aromatic heterocycles. The number of sulfonamides is 1. The second kappa shape index (κ2) is 6.91. The Morgan fingerprint density at radius 1 is 1.26 bits per heavy atom. The van der Waals surface area contributed by atoms with Gasteiger partial charge in [-0.3, -0.25) is 4.79 Å². The Labute approximate surface area is 142 Å². The second-order valence-corrected chi connectivity index (χ2v) is 9.56. The molecule has 1 atom stereocenters. The molecule has 0 radical (unpaired) electrons. The molecular weight excluding hydrogens is 332 g/mol. The number of hydrogen-bond acceptors (Lipinski definition) is 4. The summed E-state index contributed by atoms with van der Waals surface area (Å²) >= 11 is 1.21. The number of thiophene rings is 1. The average Bonchev–Trinajstić information content (AvgIpc) is 3.18. The van der Waals surface area contributed by atoms with Crippen molar-refractivity contribution in [1.29, 1.82) is 0 Å². The molecule has 2 fully saturated rings. The van der Waals surface area contributed by atoms with E-state index in [0.717, 1.165) is 38.5 Å². The predicted octanol–water partition coefficient (Wildman–Crippen LogP) is 2.84. The van der Waals surface area contributed by atoms with Crippen LogP contribution in [-0.4, -0.2) is 37.8 Å². The number of hydrogen-bond donors (Lipinski definition) is 1. The molecule has 0 spiro atoms. The van der Waals surface area contributed by atoms with Gasteiger partial charge in [-0.2, -0.15) is 4.31 Å². The van der Waals surface area contributed by atoms with Crippen LogP contribution in [0.15, 0.2) is 16.3 Å². The van der Waals surface area contributed by atoms with Crippen molar-refractivity contribution in [3.05, 3.63) is 16.3 Å². The largest absolute Gasteiger partial charge is 0.349 e. The SMILES string of the molecule is C[C@@H]1CCCN(S(=O)(=O)c2csc(C(=O)NC3CCCC3)c2)C1. The van der Waals surface area contributed by atoms with Crippen LogP contribution in [0.2, 0.25) is 0 Å². The van der Waals surface area contributed by atoms with Gasteiger partial charge in [-0.25, -0.2) is 8.42 Å². The van der Waals surface area contributed by atoms with Crippen LogP contribution in [0.3, 0.4) is 0 Å². The van der Waals surface area contributed by atoms with Crippen LogP contribution in [0.4, 0.5) is 0 Å². The summed E-state index contributed by atoms with van der Waals surface area (Å²) in [6.07, 6.45) is 6.33. The highest BCUT2D eigenvalue weighted by Crippen LogP contribution is 2.27. The maximum absolute atomic E-state index is 12.7. The molecular formula is C16H24N2O3S2. The normalized spacial score (nSPS) is 24.0. The van der Waals surface area contributed by atoms with Gasteiger partial charge in [-0.15, -0.1) is 11.3 Å². The third-order valence-electron chi connectivity index (χ3n) is 4.75. The van der Waals surface area contributed by atoms with Crippen molar-refractivity contribution in [3.8, 4) is 0 Å². The third-order valence-corrected chi connectivity index (χ3v) is 7.67. The highest BCUT2D eigenvalue weighted by Gasteiger charge is 2.30. The van der Waals surface area contributed by atoms with Crippen LogP contribution in [0.25, 0.3) is 0 Å². The standard InChI is InChI=1S/C16H24N2O3S2/c1-12-5-4-8-18(10-12)23(20,21)14-9-15(22-11-14)16(19)17-13-6-2-3-7-13/h9,11-13H,2-8,10H2,1H3,(H,17,19)/t12-/m1/s1. The fraction of sp³-hybridized carbons (Fsp3) is 0.688. The number of piperidine rings is 1. The van der Waals surface area contributed by atoms with E-state index in [4.69, 9.17) is 0 Å². The van der Waals surface area contributed by atoms with Crippen LogP contribution in [0.1, 0.15) is 55.1 Å². The van der Waals surface area contributed by atoms with E-state index in [9.17, 15) is 13.2 Å². The van der Waals surface area contributed by atoms with E-state index in [1.165, 1.54) is 17.4 Å². The molecule has 0 bridgehead atoms. The van der Waals surface area contributed by atoms with Gasteiger partial charge in [0, 0.05) is 24.5 Å². The molecule has 1 amide bonds. The lowest BCUT2D eigenvalue weighted by molar-refractivity contribution is 0.0942. The Morgan fingerprint density at radius 3 is 2.70 bits per heavy atom. The molecule has 1 N–H and O–H groups in total. The maximum atomic E-state index is 12.7. The van der Waals surface area contributed by atoms with Gasteiger partial charge in [0.05, 0.1) is 9.77 Å². The van der Waals surface area contributed by atoms with E-state index in [-0.39, 0.29) is 16.8 Å². The molecule has 0 unspecified atom stereocenters. The van der Waals surface area contributed by atoms with Gasteiger partial charge in [-0.05, 0) is 37.7 Å². The first kappa shape index (κ1) is 16.9. The minimum atomic E-state index is -3.47. The molecule has 23 heavy (non-hydrogen) atoms. The average molecular weight is 357 g/mol. The van der Waals surface area contributed by atoms with Gasteiger partial charge in [-0.1, -0.05) is 19.8 Å². The molecule has 1 aromatic rings. The lowest BCUT2D eigenvalue weighted by atomic mass is 10.0. The summed E-state index contributed by atoms with van der Waals surface area (Å²) in [7, 11) is -3.47. The molecule has 1 saturated carbocycles. The summed E-state index contributed by atoms with van der Waals surface area (Å²) in [5, 5.41) is 4.60. The van der Waals surface area contributed by atoms with Gasteiger partial charge in [0.1, 0.15) is 0 Å². The van der Waals surface area contributed by atoms with Crippen LogP contribution >= 0.6 is 11.3 Å². The van der Waals surface area contributed by atoms with E-state index < -0.39 is 10.0 Å². The molecule has 3 rings (SSSR count). The van der Waals surface area contributed by atoms with E-state index >= 15 is 0 Å². The summed E-state index contributed by atoms with van der Waals surface area (Å²) < 4.78 is 27.0. The number of nitrogens with zero attached hydrogens (tertiary/aromatic N) is 1. The highest BCUT2D eigenvalue weighted by molar-refractivity contribution is 7.89. The highest BCUT2D eigenvalue weighted by atomic mass is 32.2. The van der Waals surface area contributed by atoms with Crippen LogP contribution in [0.5, 0.6) is 0 Å². The zero-order chi connectivity index (χ0) is 16.4. The van der Waals surface area contributed by atoms with Crippen molar-refractivity contribution in [3.63, 3.8) is 0 Å². The van der Waals surface area contributed by atoms with Crippen molar-refractivity contribution >= 4 is 27.3 Å². The Kier molecular flexibility index (Phi) is 5.08. The van der Waals surface area contributed by atoms with Gasteiger partial charge in [0.2, 0.25) is 10.0 Å². The lowest BCUT2D eigenvalue weighted by Crippen LogP contribution is -2.38. The quantitative estimate of drug-likeness (QED) is 0.902. The molecule has 2 heterocycles. The van der Waals surface area contributed by atoms with Crippen LogP contribution in [-0.2, 0) is 10.0 Å². The molecule has 2 aliphatic rings. The fourth-order valence-corrected chi connectivity index (χ4v) is 6.18. The number of rotatable bonds is 4. The summed E-state index contributed by atoms with van der Waals surface area (Å²) in [5.41, 5.74) is 0. The third kappa shape index (κ3) is 3.78. The van der Waals surface area contributed by atoms with Crippen molar-refractivity contribution < 1.29 is 13.2 Å². The Bertz CT molecular complexity index is 663. The van der Waals surface area contributed by atoms with Crippen LogP contribution < -0.4 is 5.32 Å². The summed E-state index contributed by atoms with van der Waals surface area (Å²) in [4.78, 5) is 13.0. The lowest BCUT2D eigenvalue weighted by Gasteiger charge is -2.29. The minimum Gasteiger partial charge on any atom is -0.349 e. The molecule has 0 aromatic carbocycles. The van der Waals surface area contributed by atoms with E-state index in [1.54, 1.807) is 9.69 Å². The van der Waals surface area contributed by atoms with Gasteiger partial charge in [0.15, 0.2) is 0 Å². The topological polar surface area (TPSA) is 66.5 Å². The van der Waals surface area contributed by atoms with E-state index in [1.807, 2.05) is 0 Å². The molecule has 1 aliphatic carbocycles. The molecule has 5 nitrogen and oxygen atoms in total. The Morgan fingerprint density at radius 2 is 2.00 bits per heavy atom. The van der Waals surface area contributed by atoms with Gasteiger partial charge in [0.25, 0.3) is 5.91 Å². The first-order valence-electron chi connectivity index (χ1n) is 8.36. The van der Waals surface area contributed by atoms with E-state index in [0.29, 0.717) is 23.9 Å². The number of amides is 1. The number of carbonyl (C=O) groups is 1. The Balaban J connectivity index is 1.71. The minimum absolute atomic E-state index is 0.143. The molecule has 1 aliphatic heterocycles. The zero-order valence-electron chi connectivity index (χ0n) is 13.5. The van der Waals surface area contributed by atoms with Gasteiger partial charge < -0.3 is 5.32 Å². The van der Waals surface area contributed by atoms with Crippen molar-refractivity contribution in [1.82, 2.24) is 9.62 Å². The van der Waals surface area contributed by atoms with Gasteiger partial charge >= 0.3 is 0 Å². The van der Waals surface area contributed by atoms with Crippen LogP contribution in [0, 0.1) is 5.92 Å². The number of nitrogens with one attached hydrogen (secondary N) is 1.